The fourth-order valence-corrected chi connectivity index (χ4v) is 6.91. The molecule has 0 saturated carbocycles. The molecule has 0 aromatic heterocycles. The summed E-state index contributed by atoms with van der Waals surface area (Å²) in [5, 5.41) is 2.27. The maximum Gasteiger partial charge on any atom is 0.232 e. The van der Waals surface area contributed by atoms with Gasteiger partial charge in [-0.1, -0.05) is 47.8 Å². The van der Waals surface area contributed by atoms with E-state index < -0.39 is 29.1 Å². The molecule has 1 fully saturated rings. The van der Waals surface area contributed by atoms with Gasteiger partial charge in [0.25, 0.3) is 0 Å². The first kappa shape index (κ1) is 43.6. The molecule has 0 spiro atoms. The molecule has 3 N–H and O–H groups in total. The van der Waals surface area contributed by atoms with Crippen LogP contribution in [0.1, 0.15) is 19.3 Å². The number of rotatable bonds is 12. The van der Waals surface area contributed by atoms with Crippen LogP contribution >= 0.6 is 98.7 Å². The molecule has 1 heterocycles. The van der Waals surface area contributed by atoms with E-state index in [1.807, 2.05) is 0 Å². The van der Waals surface area contributed by atoms with Gasteiger partial charge in [0.1, 0.15) is 0 Å². The number of halogens is 7. The van der Waals surface area contributed by atoms with Crippen LogP contribution in [0.3, 0.4) is 0 Å². The Morgan fingerprint density at radius 3 is 1.74 bits per heavy atom. The summed E-state index contributed by atoms with van der Waals surface area (Å²) in [5.41, 5.74) is 4.98. The Morgan fingerprint density at radius 1 is 0.941 bits per heavy atom. The Bertz CT molecular complexity index is 751. The summed E-state index contributed by atoms with van der Waals surface area (Å²) < 4.78 is 68.2. The molecule has 1 saturated heterocycles. The molecular formula is C15H34Br4Cl3N3O6S3. The lowest BCUT2D eigenvalue weighted by molar-refractivity contribution is 0.466. The molecule has 1 aliphatic rings. The van der Waals surface area contributed by atoms with Crippen LogP contribution in [0.5, 0.6) is 0 Å². The van der Waals surface area contributed by atoms with Gasteiger partial charge in [0.05, 0.1) is 17.3 Å². The number of sulfonamides is 2. The Kier molecular flexibility index (Phi) is 34.7. The zero-order chi connectivity index (χ0) is 26.4. The van der Waals surface area contributed by atoms with E-state index in [0.29, 0.717) is 55.3 Å². The van der Waals surface area contributed by atoms with Gasteiger partial charge in [-0.2, -0.15) is 0 Å². The second kappa shape index (κ2) is 27.1. The van der Waals surface area contributed by atoms with Gasteiger partial charge >= 0.3 is 0 Å². The van der Waals surface area contributed by atoms with Crippen LogP contribution in [0.25, 0.3) is 0 Å². The van der Waals surface area contributed by atoms with Gasteiger partial charge in [-0.15, -0.1) is 40.2 Å². The molecule has 0 bridgehead atoms. The van der Waals surface area contributed by atoms with Crippen molar-refractivity contribution in [2.45, 2.75) is 19.3 Å². The maximum atomic E-state index is 11.1. The van der Waals surface area contributed by atoms with Crippen molar-refractivity contribution in [2.75, 3.05) is 71.2 Å². The second-order valence-electron chi connectivity index (χ2n) is 5.97. The van der Waals surface area contributed by atoms with Gasteiger partial charge < -0.3 is 5.73 Å². The third-order valence-electron chi connectivity index (χ3n) is 3.13. The quantitative estimate of drug-likeness (QED) is 0.226. The first-order valence-electron chi connectivity index (χ1n) is 9.64. The summed E-state index contributed by atoms with van der Waals surface area (Å²) in [6.45, 7) is 2.49. The topological polar surface area (TPSA) is 144 Å². The molecule has 0 radical (unpaired) electrons. The molecular weight excluding hydrogens is 840 g/mol. The lowest BCUT2D eigenvalue weighted by Gasteiger charge is -2.10. The van der Waals surface area contributed by atoms with Crippen molar-refractivity contribution in [3.63, 3.8) is 0 Å². The largest absolute Gasteiger partial charge is 0.330 e. The lowest BCUT2D eigenvalue weighted by Crippen LogP contribution is -2.28. The monoisotopic (exact) mass is 869 g/mol. The maximum absolute atomic E-state index is 11.1. The molecule has 1 aliphatic heterocycles. The summed E-state index contributed by atoms with van der Waals surface area (Å²) in [7, 11) is -4.39. The Hall–Kier alpha value is 2.52. The van der Waals surface area contributed by atoms with Crippen molar-refractivity contribution in [3.05, 3.63) is 0 Å². The van der Waals surface area contributed by atoms with Crippen molar-refractivity contribution in [3.8, 4) is 0 Å². The molecule has 0 unspecified atom stereocenters. The molecule has 19 heteroatoms. The predicted octanol–water partition coefficient (Wildman–Crippen LogP) is 3.45. The Balaban J connectivity index is -0.000000183. The highest BCUT2D eigenvalue weighted by atomic mass is 79.9. The van der Waals surface area contributed by atoms with E-state index in [4.69, 9.17) is 39.6 Å². The van der Waals surface area contributed by atoms with Gasteiger partial charge in [0.2, 0.25) is 29.1 Å². The summed E-state index contributed by atoms with van der Waals surface area (Å²) >= 11 is 20.0. The summed E-state index contributed by atoms with van der Waals surface area (Å²) in [6, 6.07) is 0. The van der Waals surface area contributed by atoms with Crippen molar-refractivity contribution in [1.29, 1.82) is 0 Å². The number of nitrogens with one attached hydrogen (secondary N) is 1. The molecule has 9 nitrogen and oxygen atoms in total. The second-order valence-corrected chi connectivity index (χ2v) is 16.0. The number of alkyl halides is 5. The number of nitrogens with two attached hydrogens (primary N) is 1. The zero-order valence-corrected chi connectivity index (χ0v) is 29.7. The summed E-state index contributed by atoms with van der Waals surface area (Å²) in [6.07, 6.45) is 1.71. The van der Waals surface area contributed by atoms with Crippen molar-refractivity contribution < 1.29 is 25.3 Å². The van der Waals surface area contributed by atoms with Crippen LogP contribution in [0, 0.1) is 0 Å². The first-order valence-corrected chi connectivity index (χ1v) is 19.8. The van der Waals surface area contributed by atoms with Crippen molar-refractivity contribution in [2.24, 2.45) is 5.73 Å². The fraction of sp³-hybridized carbons (Fsp3) is 1.00. The summed E-state index contributed by atoms with van der Waals surface area (Å²) in [5.74, 6) is 1.14. The third-order valence-corrected chi connectivity index (χ3v) is 9.54. The molecule has 212 valence electrons. The zero-order valence-electron chi connectivity index (χ0n) is 18.5. The van der Waals surface area contributed by atoms with Crippen LogP contribution in [0.15, 0.2) is 0 Å². The van der Waals surface area contributed by atoms with Gasteiger partial charge in [0.15, 0.2) is 0 Å². The smallest absolute Gasteiger partial charge is 0.232 e. The average Bonchev–Trinajstić information content (AvgIpc) is 3.08. The van der Waals surface area contributed by atoms with Crippen LogP contribution in [0.2, 0.25) is 0 Å². The molecule has 34 heavy (non-hydrogen) atoms. The minimum atomic E-state index is -3.30. The van der Waals surface area contributed by atoms with Crippen LogP contribution in [-0.4, -0.2) is 101 Å². The van der Waals surface area contributed by atoms with Crippen LogP contribution in [-0.2, 0) is 29.1 Å². The minimum absolute atomic E-state index is 0. The van der Waals surface area contributed by atoms with Crippen molar-refractivity contribution >= 4 is 128 Å². The van der Waals surface area contributed by atoms with E-state index >= 15 is 0 Å². The third kappa shape index (κ3) is 32.5. The number of nitrogens with zero attached hydrogens (tertiary/aromatic N) is 1. The van der Waals surface area contributed by atoms with Gasteiger partial charge in [-0.25, -0.2) is 34.3 Å². The highest BCUT2D eigenvalue weighted by molar-refractivity contribution is 9.09. The van der Waals surface area contributed by atoms with Gasteiger partial charge in [0, 0.05) is 64.6 Å². The average molecular weight is 875 g/mol. The SMILES string of the molecule is Br.NCCBr.O=S(=O)(CCCCl)NCCBr.O=S(=O)(Cl)CCCCl.O=S1(=O)CCCN1CCBr. The first-order chi connectivity index (χ1) is 15.3. The van der Waals surface area contributed by atoms with E-state index in [1.165, 1.54) is 4.31 Å². The standard InChI is InChI=1S/C5H11BrClNO2S.C5H10BrNO2S.C3H6Cl2O2S.C2H6BrN.BrH/c6-2-4-8-11(9,10)5-1-3-7;6-2-4-7-3-1-5-10(7,8)9;4-2-1-3-8(5,6)7;3-1-2-4;/h8H,1-5H2;1-5H2;1-3H2;1-2,4H2;1H. The van der Waals surface area contributed by atoms with Crippen LogP contribution < -0.4 is 10.5 Å². The van der Waals surface area contributed by atoms with E-state index in [9.17, 15) is 25.3 Å². The fourth-order valence-electron chi connectivity index (χ4n) is 1.77. The highest BCUT2D eigenvalue weighted by Crippen LogP contribution is 2.12. The molecule has 0 aromatic rings. The minimum Gasteiger partial charge on any atom is -0.330 e. The molecule has 1 rings (SSSR count). The highest BCUT2D eigenvalue weighted by Gasteiger charge is 2.26. The van der Waals surface area contributed by atoms with E-state index in [0.717, 1.165) is 23.6 Å². The van der Waals surface area contributed by atoms with Gasteiger partial charge in [-0.05, 0) is 19.3 Å². The predicted molar refractivity (Wildman–Crippen MR) is 163 cm³/mol. The van der Waals surface area contributed by atoms with Gasteiger partial charge in [-0.3, -0.25) is 0 Å². The summed E-state index contributed by atoms with van der Waals surface area (Å²) in [4.78, 5) is 0. The van der Waals surface area contributed by atoms with E-state index in [2.05, 4.69) is 52.5 Å². The molecule has 0 atom stereocenters. The number of hydrogen-bond acceptors (Lipinski definition) is 7. The normalized spacial score (nSPS) is 14.9. The molecule has 0 aliphatic carbocycles. The van der Waals surface area contributed by atoms with E-state index in [-0.39, 0.29) is 28.5 Å². The molecule has 0 aromatic carbocycles. The Labute approximate surface area is 255 Å². The lowest BCUT2D eigenvalue weighted by atomic mass is 10.5. The number of hydrogen-bond donors (Lipinski definition) is 2. The van der Waals surface area contributed by atoms with Crippen molar-refractivity contribution in [1.82, 2.24) is 9.03 Å². The molecule has 0 amide bonds. The van der Waals surface area contributed by atoms with E-state index in [1.54, 1.807) is 0 Å². The Morgan fingerprint density at radius 2 is 1.44 bits per heavy atom. The van der Waals surface area contributed by atoms with Crippen LogP contribution in [0.4, 0.5) is 0 Å².